The highest BCUT2D eigenvalue weighted by Crippen LogP contribution is 2.31. The first-order chi connectivity index (χ1) is 7.96. The van der Waals surface area contributed by atoms with E-state index in [4.69, 9.17) is 0 Å². The molecule has 0 aromatic heterocycles. The molecule has 0 atom stereocenters. The largest absolute Gasteiger partial charge is 0.508 e. The van der Waals surface area contributed by atoms with Gasteiger partial charge in [0.1, 0.15) is 5.75 Å². The van der Waals surface area contributed by atoms with Crippen molar-refractivity contribution in [2.24, 2.45) is 5.41 Å². The van der Waals surface area contributed by atoms with Gasteiger partial charge in [-0.15, -0.1) is 0 Å². The summed E-state index contributed by atoms with van der Waals surface area (Å²) < 4.78 is 1.08. The lowest BCUT2D eigenvalue weighted by molar-refractivity contribution is 0.127. The smallest absolute Gasteiger partial charge is 0.115 e. The van der Waals surface area contributed by atoms with E-state index in [1.807, 2.05) is 12.1 Å². The summed E-state index contributed by atoms with van der Waals surface area (Å²) in [6.45, 7) is 7.90. The average Bonchev–Trinajstić information content (AvgIpc) is 2.26. The maximum Gasteiger partial charge on any atom is 0.115 e. The molecule has 1 fully saturated rings. The second kappa shape index (κ2) is 4.99. The van der Waals surface area contributed by atoms with Crippen LogP contribution in [-0.2, 0) is 6.54 Å². The van der Waals surface area contributed by atoms with Crippen LogP contribution >= 0.6 is 15.9 Å². The van der Waals surface area contributed by atoms with Gasteiger partial charge in [-0.25, -0.2) is 0 Å². The first-order valence-electron chi connectivity index (χ1n) is 6.16. The summed E-state index contributed by atoms with van der Waals surface area (Å²) >= 11 is 3.54. The van der Waals surface area contributed by atoms with Crippen molar-refractivity contribution in [1.82, 2.24) is 4.90 Å². The number of piperidine rings is 1. The number of halogens is 1. The van der Waals surface area contributed by atoms with Crippen molar-refractivity contribution in [1.29, 1.82) is 0 Å². The lowest BCUT2D eigenvalue weighted by Crippen LogP contribution is -2.36. The number of nitrogens with zero attached hydrogens (tertiary/aromatic N) is 1. The standard InChI is InChI=1S/C14H20BrNO/c1-14(2)5-7-16(8-6-14)10-11-9-12(17)3-4-13(11)15/h3-4,9,17H,5-8,10H2,1-2H3. The normalized spacial score (nSPS) is 20.4. The van der Waals surface area contributed by atoms with Crippen molar-refractivity contribution >= 4 is 15.9 Å². The summed E-state index contributed by atoms with van der Waals surface area (Å²) in [5.41, 5.74) is 1.66. The van der Waals surface area contributed by atoms with E-state index < -0.39 is 0 Å². The lowest BCUT2D eigenvalue weighted by Gasteiger charge is -2.37. The van der Waals surface area contributed by atoms with Crippen molar-refractivity contribution in [3.05, 3.63) is 28.2 Å². The molecule has 0 saturated carbocycles. The minimum absolute atomic E-state index is 0.348. The van der Waals surface area contributed by atoms with Crippen LogP contribution < -0.4 is 0 Å². The molecule has 1 aliphatic rings. The summed E-state index contributed by atoms with van der Waals surface area (Å²) in [4.78, 5) is 2.46. The highest BCUT2D eigenvalue weighted by Gasteiger charge is 2.25. The Balaban J connectivity index is 2.00. The molecule has 17 heavy (non-hydrogen) atoms. The van der Waals surface area contributed by atoms with E-state index >= 15 is 0 Å². The molecule has 0 unspecified atom stereocenters. The summed E-state index contributed by atoms with van der Waals surface area (Å²) in [7, 11) is 0. The quantitative estimate of drug-likeness (QED) is 0.898. The SMILES string of the molecule is CC1(C)CCN(Cc2cc(O)ccc2Br)CC1. The molecule has 2 nitrogen and oxygen atoms in total. The molecule has 0 bridgehead atoms. The third kappa shape index (κ3) is 3.46. The van der Waals surface area contributed by atoms with E-state index in [1.54, 1.807) is 6.07 Å². The van der Waals surface area contributed by atoms with Crippen LogP contribution in [0.5, 0.6) is 5.75 Å². The number of rotatable bonds is 2. The minimum Gasteiger partial charge on any atom is -0.508 e. The maximum atomic E-state index is 9.51. The Labute approximate surface area is 112 Å². The molecule has 1 aliphatic heterocycles. The molecule has 3 heteroatoms. The number of likely N-dealkylation sites (tertiary alicyclic amines) is 1. The van der Waals surface area contributed by atoms with Crippen LogP contribution in [0.4, 0.5) is 0 Å². The molecule has 1 N–H and O–H groups in total. The fourth-order valence-corrected chi connectivity index (χ4v) is 2.61. The third-order valence-electron chi connectivity index (χ3n) is 3.63. The molecule has 1 aromatic carbocycles. The van der Waals surface area contributed by atoms with Crippen molar-refractivity contribution in [3.8, 4) is 5.75 Å². The zero-order valence-corrected chi connectivity index (χ0v) is 12.1. The second-order valence-electron chi connectivity index (χ2n) is 5.72. The fourth-order valence-electron chi connectivity index (χ4n) is 2.24. The first-order valence-corrected chi connectivity index (χ1v) is 6.95. The van der Waals surface area contributed by atoms with Gasteiger partial charge in [-0.3, -0.25) is 4.90 Å². The summed E-state index contributed by atoms with van der Waals surface area (Å²) in [6, 6.07) is 5.48. The molecule has 0 radical (unpaired) electrons. The lowest BCUT2D eigenvalue weighted by atomic mass is 9.82. The summed E-state index contributed by atoms with van der Waals surface area (Å²) in [5.74, 6) is 0.348. The Hall–Kier alpha value is -0.540. The van der Waals surface area contributed by atoms with Crippen LogP contribution in [0.15, 0.2) is 22.7 Å². The minimum atomic E-state index is 0.348. The average molecular weight is 298 g/mol. The number of benzene rings is 1. The van der Waals surface area contributed by atoms with E-state index in [-0.39, 0.29) is 0 Å². The Bertz CT molecular complexity index is 393. The van der Waals surface area contributed by atoms with Gasteiger partial charge in [0.25, 0.3) is 0 Å². The number of hydrogen-bond donors (Lipinski definition) is 1. The fraction of sp³-hybridized carbons (Fsp3) is 0.571. The molecule has 1 saturated heterocycles. The number of aromatic hydroxyl groups is 1. The van der Waals surface area contributed by atoms with Gasteiger partial charge in [0.2, 0.25) is 0 Å². The van der Waals surface area contributed by atoms with Gasteiger partial charge in [0, 0.05) is 11.0 Å². The number of phenolic OH excluding ortho intramolecular Hbond substituents is 1. The second-order valence-corrected chi connectivity index (χ2v) is 6.57. The van der Waals surface area contributed by atoms with Crippen molar-refractivity contribution < 1.29 is 5.11 Å². The molecule has 0 aliphatic carbocycles. The van der Waals surface area contributed by atoms with Gasteiger partial charge in [0.15, 0.2) is 0 Å². The van der Waals surface area contributed by atoms with Crippen LogP contribution in [0, 0.1) is 5.41 Å². The predicted octanol–water partition coefficient (Wildman–Crippen LogP) is 3.78. The Morgan fingerprint density at radius 3 is 2.59 bits per heavy atom. The van der Waals surface area contributed by atoms with E-state index in [9.17, 15) is 5.11 Å². The summed E-state index contributed by atoms with van der Waals surface area (Å²) in [6.07, 6.45) is 2.51. The van der Waals surface area contributed by atoms with Gasteiger partial charge in [-0.2, -0.15) is 0 Å². The monoisotopic (exact) mass is 297 g/mol. The van der Waals surface area contributed by atoms with E-state index in [0.29, 0.717) is 11.2 Å². The van der Waals surface area contributed by atoms with Gasteiger partial charge in [-0.05, 0) is 55.1 Å². The maximum absolute atomic E-state index is 9.51. The topological polar surface area (TPSA) is 23.5 Å². The Morgan fingerprint density at radius 1 is 1.29 bits per heavy atom. The third-order valence-corrected chi connectivity index (χ3v) is 4.41. The van der Waals surface area contributed by atoms with Gasteiger partial charge in [0.05, 0.1) is 0 Å². The molecular formula is C14H20BrNO. The van der Waals surface area contributed by atoms with Crippen molar-refractivity contribution in [3.63, 3.8) is 0 Å². The summed E-state index contributed by atoms with van der Waals surface area (Å²) in [5, 5.41) is 9.51. The molecule has 1 aromatic rings. The number of phenols is 1. The highest BCUT2D eigenvalue weighted by molar-refractivity contribution is 9.10. The van der Waals surface area contributed by atoms with Crippen LogP contribution in [0.2, 0.25) is 0 Å². The molecular weight excluding hydrogens is 278 g/mol. The van der Waals surface area contributed by atoms with Crippen LogP contribution in [0.1, 0.15) is 32.3 Å². The molecule has 1 heterocycles. The zero-order valence-electron chi connectivity index (χ0n) is 10.5. The Kier molecular flexibility index (Phi) is 3.79. The molecule has 2 rings (SSSR count). The highest BCUT2D eigenvalue weighted by atomic mass is 79.9. The van der Waals surface area contributed by atoms with Crippen LogP contribution in [-0.4, -0.2) is 23.1 Å². The van der Waals surface area contributed by atoms with E-state index in [1.165, 1.54) is 18.4 Å². The van der Waals surface area contributed by atoms with E-state index in [0.717, 1.165) is 24.1 Å². The Morgan fingerprint density at radius 2 is 1.94 bits per heavy atom. The van der Waals surface area contributed by atoms with E-state index in [2.05, 4.69) is 34.7 Å². The first kappa shape index (κ1) is 12.9. The van der Waals surface area contributed by atoms with Crippen molar-refractivity contribution in [2.75, 3.05) is 13.1 Å². The van der Waals surface area contributed by atoms with Gasteiger partial charge in [-0.1, -0.05) is 29.8 Å². The zero-order chi connectivity index (χ0) is 12.5. The van der Waals surface area contributed by atoms with Gasteiger partial charge >= 0.3 is 0 Å². The number of hydrogen-bond acceptors (Lipinski definition) is 2. The predicted molar refractivity (Wildman–Crippen MR) is 74.1 cm³/mol. The molecule has 94 valence electrons. The molecule has 0 amide bonds. The van der Waals surface area contributed by atoms with Crippen molar-refractivity contribution in [2.45, 2.75) is 33.2 Å². The van der Waals surface area contributed by atoms with Crippen LogP contribution in [0.3, 0.4) is 0 Å². The van der Waals surface area contributed by atoms with Crippen LogP contribution in [0.25, 0.3) is 0 Å². The van der Waals surface area contributed by atoms with Gasteiger partial charge < -0.3 is 5.11 Å². The molecule has 0 spiro atoms.